The van der Waals surface area contributed by atoms with E-state index in [1.54, 1.807) is 30.3 Å². The lowest BCUT2D eigenvalue weighted by Crippen LogP contribution is -2.30. The first-order valence-corrected chi connectivity index (χ1v) is 9.87. The summed E-state index contributed by atoms with van der Waals surface area (Å²) in [5.74, 6) is -0.462. The Balaban J connectivity index is 1.52. The molecule has 0 bridgehead atoms. The quantitative estimate of drug-likeness (QED) is 0.420. The van der Waals surface area contributed by atoms with Gasteiger partial charge in [-0.15, -0.1) is 0 Å². The predicted molar refractivity (Wildman–Crippen MR) is 117 cm³/mol. The third-order valence-corrected chi connectivity index (χ3v) is 4.70. The summed E-state index contributed by atoms with van der Waals surface area (Å²) in [6, 6.07) is 25.5. The number of rotatable bonds is 7. The maximum absolute atomic E-state index is 12.9. The highest BCUT2D eigenvalue weighted by Crippen LogP contribution is 2.28. The van der Waals surface area contributed by atoms with Gasteiger partial charge < -0.3 is 19.2 Å². The van der Waals surface area contributed by atoms with E-state index in [4.69, 9.17) is 13.9 Å². The molecule has 0 aliphatic heterocycles. The van der Waals surface area contributed by atoms with Crippen molar-refractivity contribution in [1.29, 1.82) is 0 Å². The van der Waals surface area contributed by atoms with E-state index in [9.17, 15) is 9.59 Å². The molecule has 3 aromatic carbocycles. The number of hydrogen-bond donors (Lipinski definition) is 1. The fourth-order valence-electron chi connectivity index (χ4n) is 3.11. The maximum atomic E-state index is 12.9. The Hall–Kier alpha value is -4.06. The highest BCUT2D eigenvalue weighted by molar-refractivity contribution is 5.99. The molecule has 0 unspecified atom stereocenters. The van der Waals surface area contributed by atoms with Crippen LogP contribution in [0, 0.1) is 0 Å². The van der Waals surface area contributed by atoms with Gasteiger partial charge in [0.25, 0.3) is 5.91 Å². The zero-order valence-electron chi connectivity index (χ0n) is 16.9. The summed E-state index contributed by atoms with van der Waals surface area (Å²) in [6.07, 6.45) is -1.01. The molecule has 1 atom stereocenters. The Morgan fingerprint density at radius 2 is 1.55 bits per heavy atom. The standard InChI is InChI=1S/C25H21NO5/c1-17(24(27)26-18-10-4-2-5-11-18)30-25(28)23-21(16-29-19-12-6-3-7-13-19)20-14-8-9-15-22(20)31-23/h2-15,17H,16H2,1H3,(H,26,27)/t17-/m1/s1. The number of para-hydroxylation sites is 3. The maximum Gasteiger partial charge on any atom is 0.375 e. The fraction of sp³-hybridized carbons (Fsp3) is 0.120. The van der Waals surface area contributed by atoms with Crippen LogP contribution in [0.4, 0.5) is 5.69 Å². The Morgan fingerprint density at radius 3 is 2.29 bits per heavy atom. The summed E-state index contributed by atoms with van der Waals surface area (Å²) in [5.41, 5.74) is 1.73. The zero-order chi connectivity index (χ0) is 21.6. The second-order valence-electron chi connectivity index (χ2n) is 6.91. The van der Waals surface area contributed by atoms with E-state index in [0.717, 1.165) is 5.39 Å². The Labute approximate surface area is 179 Å². The second-order valence-corrected chi connectivity index (χ2v) is 6.91. The van der Waals surface area contributed by atoms with Gasteiger partial charge in [0.1, 0.15) is 17.9 Å². The summed E-state index contributed by atoms with van der Waals surface area (Å²) >= 11 is 0. The molecule has 0 radical (unpaired) electrons. The van der Waals surface area contributed by atoms with Gasteiger partial charge in [0.05, 0.1) is 5.56 Å². The number of carbonyl (C=O) groups excluding carboxylic acids is 2. The minimum atomic E-state index is -1.01. The third kappa shape index (κ3) is 4.75. The lowest BCUT2D eigenvalue weighted by molar-refractivity contribution is -0.123. The molecule has 0 spiro atoms. The van der Waals surface area contributed by atoms with Crippen LogP contribution in [0.15, 0.2) is 89.3 Å². The molecule has 0 aliphatic carbocycles. The summed E-state index contributed by atoms with van der Waals surface area (Å²) in [5, 5.41) is 3.47. The molecule has 1 aromatic heterocycles. The van der Waals surface area contributed by atoms with Crippen LogP contribution in [-0.2, 0) is 16.1 Å². The van der Waals surface area contributed by atoms with Crippen molar-refractivity contribution in [2.75, 3.05) is 5.32 Å². The van der Waals surface area contributed by atoms with E-state index in [2.05, 4.69) is 5.32 Å². The molecule has 4 aromatic rings. The molecule has 31 heavy (non-hydrogen) atoms. The average Bonchev–Trinajstić information content (AvgIpc) is 3.18. The largest absolute Gasteiger partial charge is 0.489 e. The molecule has 0 saturated carbocycles. The summed E-state index contributed by atoms with van der Waals surface area (Å²) < 4.78 is 17.0. The third-order valence-electron chi connectivity index (χ3n) is 4.70. The molecular formula is C25H21NO5. The van der Waals surface area contributed by atoms with E-state index >= 15 is 0 Å². The van der Waals surface area contributed by atoms with Crippen LogP contribution >= 0.6 is 0 Å². The van der Waals surface area contributed by atoms with Crippen molar-refractivity contribution < 1.29 is 23.5 Å². The van der Waals surface area contributed by atoms with Crippen molar-refractivity contribution in [2.24, 2.45) is 0 Å². The van der Waals surface area contributed by atoms with Gasteiger partial charge in [0.2, 0.25) is 5.76 Å². The van der Waals surface area contributed by atoms with E-state index in [0.29, 0.717) is 22.6 Å². The first kappa shape index (κ1) is 20.2. The van der Waals surface area contributed by atoms with Crippen molar-refractivity contribution in [1.82, 2.24) is 0 Å². The van der Waals surface area contributed by atoms with Gasteiger partial charge in [-0.25, -0.2) is 4.79 Å². The highest BCUT2D eigenvalue weighted by atomic mass is 16.6. The smallest absolute Gasteiger partial charge is 0.375 e. The van der Waals surface area contributed by atoms with Crippen molar-refractivity contribution in [3.63, 3.8) is 0 Å². The Morgan fingerprint density at radius 1 is 0.903 bits per heavy atom. The van der Waals surface area contributed by atoms with Crippen molar-refractivity contribution in [3.8, 4) is 5.75 Å². The van der Waals surface area contributed by atoms with Gasteiger partial charge in [-0.2, -0.15) is 0 Å². The molecule has 1 N–H and O–H groups in total. The van der Waals surface area contributed by atoms with Crippen molar-refractivity contribution >= 4 is 28.5 Å². The molecule has 4 rings (SSSR count). The summed E-state index contributed by atoms with van der Waals surface area (Å²) in [6.45, 7) is 1.63. The lowest BCUT2D eigenvalue weighted by Gasteiger charge is -2.13. The van der Waals surface area contributed by atoms with Crippen LogP contribution in [0.25, 0.3) is 11.0 Å². The number of anilines is 1. The lowest BCUT2D eigenvalue weighted by atomic mass is 10.1. The number of fused-ring (bicyclic) bond motifs is 1. The first-order valence-electron chi connectivity index (χ1n) is 9.87. The van der Waals surface area contributed by atoms with Gasteiger partial charge in [0, 0.05) is 11.1 Å². The van der Waals surface area contributed by atoms with E-state index in [1.807, 2.05) is 54.6 Å². The molecule has 156 valence electrons. The Kier molecular flexibility index (Phi) is 5.98. The average molecular weight is 415 g/mol. The predicted octanol–water partition coefficient (Wildman–Crippen LogP) is 5.20. The number of benzene rings is 3. The molecule has 0 aliphatic rings. The van der Waals surface area contributed by atoms with Gasteiger partial charge in [-0.1, -0.05) is 54.6 Å². The molecule has 1 heterocycles. The monoisotopic (exact) mass is 415 g/mol. The van der Waals surface area contributed by atoms with Gasteiger partial charge in [-0.3, -0.25) is 4.79 Å². The van der Waals surface area contributed by atoms with E-state index < -0.39 is 18.0 Å². The second kappa shape index (κ2) is 9.17. The number of nitrogens with one attached hydrogen (secondary N) is 1. The van der Waals surface area contributed by atoms with Crippen molar-refractivity contribution in [2.45, 2.75) is 19.6 Å². The number of furan rings is 1. The number of carbonyl (C=O) groups is 2. The minimum absolute atomic E-state index is 0.0245. The topological polar surface area (TPSA) is 77.8 Å². The summed E-state index contributed by atoms with van der Waals surface area (Å²) in [7, 11) is 0. The van der Waals surface area contributed by atoms with Crippen LogP contribution in [-0.4, -0.2) is 18.0 Å². The molecule has 6 heteroatoms. The molecular weight excluding hydrogens is 394 g/mol. The van der Waals surface area contributed by atoms with E-state index in [1.165, 1.54) is 6.92 Å². The normalized spacial score (nSPS) is 11.6. The van der Waals surface area contributed by atoms with Crippen molar-refractivity contribution in [3.05, 3.63) is 96.3 Å². The first-order chi connectivity index (χ1) is 15.1. The van der Waals surface area contributed by atoms with Crippen LogP contribution < -0.4 is 10.1 Å². The highest BCUT2D eigenvalue weighted by Gasteiger charge is 2.26. The molecule has 6 nitrogen and oxygen atoms in total. The SMILES string of the molecule is C[C@@H](OC(=O)c1oc2ccccc2c1COc1ccccc1)C(=O)Nc1ccccc1. The van der Waals surface area contributed by atoms with Gasteiger partial charge in [-0.05, 0) is 37.3 Å². The number of esters is 1. The molecule has 1 amide bonds. The Bertz CT molecular complexity index is 1180. The molecule has 0 fully saturated rings. The fourth-order valence-corrected chi connectivity index (χ4v) is 3.11. The zero-order valence-corrected chi connectivity index (χ0v) is 16.9. The van der Waals surface area contributed by atoms with Crippen LogP contribution in [0.5, 0.6) is 5.75 Å². The van der Waals surface area contributed by atoms with E-state index in [-0.39, 0.29) is 12.4 Å². The number of ether oxygens (including phenoxy) is 2. The van der Waals surface area contributed by atoms with Crippen LogP contribution in [0.1, 0.15) is 23.0 Å². The number of hydrogen-bond acceptors (Lipinski definition) is 5. The summed E-state index contributed by atoms with van der Waals surface area (Å²) in [4.78, 5) is 25.3. The van der Waals surface area contributed by atoms with Crippen LogP contribution in [0.2, 0.25) is 0 Å². The molecule has 0 saturated heterocycles. The van der Waals surface area contributed by atoms with Crippen LogP contribution in [0.3, 0.4) is 0 Å². The van der Waals surface area contributed by atoms with Gasteiger partial charge in [0.15, 0.2) is 6.10 Å². The number of amides is 1. The minimum Gasteiger partial charge on any atom is -0.489 e. The van der Waals surface area contributed by atoms with Gasteiger partial charge >= 0.3 is 5.97 Å².